The van der Waals surface area contributed by atoms with E-state index in [1.165, 1.54) is 99.5 Å². The number of aromatic carboxylic acids is 2. The molecule has 0 unspecified atom stereocenters. The molecule has 1 aliphatic carbocycles. The lowest BCUT2D eigenvalue weighted by atomic mass is 10.0. The number of H-pyrrole nitrogens is 4. The smallest absolute Gasteiger partial charge is 0.353 e. The van der Waals surface area contributed by atoms with Crippen LogP contribution in [0.15, 0.2) is 270 Å². The van der Waals surface area contributed by atoms with Crippen molar-refractivity contribution < 1.29 is 86.5 Å². The highest BCUT2D eigenvalue weighted by atomic mass is 35.5. The van der Waals surface area contributed by atoms with Crippen LogP contribution < -0.4 is 41.2 Å². The van der Waals surface area contributed by atoms with Crippen molar-refractivity contribution >= 4 is 165 Å². The molecule has 143 heavy (non-hydrogen) atoms. The Hall–Kier alpha value is -17.2. The summed E-state index contributed by atoms with van der Waals surface area (Å²) in [5.74, 6) is -6.42. The third kappa shape index (κ3) is 17.3. The number of carbonyl (C=O) groups is 4. The summed E-state index contributed by atoms with van der Waals surface area (Å²) in [6.45, 7) is 5.67. The minimum absolute atomic E-state index is 0.0236. The highest BCUT2D eigenvalue weighted by Crippen LogP contribution is 2.49. The number of aryl methyl sites for hydroxylation is 3. The molecule has 718 valence electrons. The van der Waals surface area contributed by atoms with Gasteiger partial charge in [-0.3, -0.25) is 28.8 Å². The molecule has 31 nitrogen and oxygen atoms in total. The molecule has 0 radical (unpaired) electrons. The number of carboxylic acids is 2. The van der Waals surface area contributed by atoms with Crippen LogP contribution in [0.5, 0.6) is 11.5 Å². The van der Waals surface area contributed by atoms with Gasteiger partial charge in [-0.1, -0.05) is 71.2 Å². The summed E-state index contributed by atoms with van der Waals surface area (Å²) in [6, 6.07) is 52.5. The zero-order chi connectivity index (χ0) is 100. The van der Waals surface area contributed by atoms with E-state index in [-0.39, 0.29) is 148 Å². The Morgan fingerprint density at radius 2 is 0.888 bits per heavy atom. The van der Waals surface area contributed by atoms with Gasteiger partial charge in [0.05, 0.1) is 138 Å². The Morgan fingerprint density at radius 1 is 0.434 bits per heavy atom. The number of benzene rings is 8. The fourth-order valence-corrected chi connectivity index (χ4v) is 20.5. The number of halogens is 6. The summed E-state index contributed by atoms with van der Waals surface area (Å²) in [5.41, 5.74) is 7.52. The molecule has 2 aliphatic rings. The van der Waals surface area contributed by atoms with Crippen molar-refractivity contribution in [1.29, 1.82) is 0 Å². The van der Waals surface area contributed by atoms with Crippen LogP contribution >= 0.6 is 23.2 Å². The van der Waals surface area contributed by atoms with Gasteiger partial charge in [-0.05, 0) is 202 Å². The van der Waals surface area contributed by atoms with Crippen molar-refractivity contribution in [2.45, 2.75) is 65.0 Å². The summed E-state index contributed by atoms with van der Waals surface area (Å²) < 4.78 is 146. The van der Waals surface area contributed by atoms with Gasteiger partial charge in [-0.2, -0.15) is 0 Å². The van der Waals surface area contributed by atoms with Crippen molar-refractivity contribution in [3.05, 3.63) is 374 Å². The summed E-state index contributed by atoms with van der Waals surface area (Å²) in [7, 11) is -7.86. The van der Waals surface area contributed by atoms with Crippen LogP contribution in [0.2, 0.25) is 10.3 Å². The maximum Gasteiger partial charge on any atom is 0.353 e. The fraction of sp³-hybridized carbons (Fsp3) is 0.115. The van der Waals surface area contributed by atoms with Crippen molar-refractivity contribution in [3.63, 3.8) is 0 Å². The number of hydrogen-bond donors (Lipinski definition) is 8. The van der Waals surface area contributed by atoms with E-state index in [9.17, 15) is 74.2 Å². The molecule has 39 heteroatoms. The van der Waals surface area contributed by atoms with Crippen molar-refractivity contribution in [1.82, 2.24) is 57.6 Å². The number of aromatic nitrogens is 10. The molecule has 0 spiro atoms. The van der Waals surface area contributed by atoms with Gasteiger partial charge in [0, 0.05) is 86.4 Å². The zero-order valence-corrected chi connectivity index (χ0v) is 78.3. The van der Waals surface area contributed by atoms with Gasteiger partial charge < -0.3 is 71.1 Å². The Labute approximate surface area is 812 Å². The van der Waals surface area contributed by atoms with Crippen molar-refractivity contribution in [3.8, 4) is 56.0 Å². The first-order valence-corrected chi connectivity index (χ1v) is 48.1. The first kappa shape index (κ1) is 93.5. The fourth-order valence-electron chi connectivity index (χ4n) is 18.4. The number of fused-ring (bicyclic) bond motifs is 14. The van der Waals surface area contributed by atoms with Crippen LogP contribution in [-0.4, -0.2) is 117 Å². The van der Waals surface area contributed by atoms with Gasteiger partial charge in [0.1, 0.15) is 73.1 Å². The number of carboxylic acid groups (broad SMARTS) is 2. The van der Waals surface area contributed by atoms with Crippen LogP contribution in [0.1, 0.15) is 93.7 Å². The van der Waals surface area contributed by atoms with Crippen LogP contribution in [0.4, 0.5) is 17.6 Å². The predicted molar refractivity (Wildman–Crippen MR) is 530 cm³/mol. The number of ether oxygens (including phenoxy) is 2. The van der Waals surface area contributed by atoms with E-state index in [0.29, 0.717) is 85.6 Å². The minimum atomic E-state index is -4.02. The van der Waals surface area contributed by atoms with E-state index >= 15 is 8.78 Å². The SMILES string of the molecule is CS(=O)(=O)NC(=O)c1c(-c2ccc[nH]c2=O)c2c3c(ccc2n1Cc1cc(F)ccc1F)OCO3.Cc1ccc2cc(Cn3c(C(=O)O)c(-c4ccc[nH]c4=O)c4c5occc5c(F)cc43)c(Cl)nc2c1.Cc1ccc2nc(Cl)c(Cn3c(C(=O)O)c(-c4ccc[nH]c4=O)c4c5occc5c(F)cc43)cc2c1.Cc1ccccc1Cn1c(C(=O)NS(=O)(=O)C2CC2)c(-c2ccc[nH]c2=O)c2c3occc3ccc21. The molecule has 0 bridgehead atoms. The highest BCUT2D eigenvalue weighted by Gasteiger charge is 2.41. The van der Waals surface area contributed by atoms with Crippen LogP contribution in [0.3, 0.4) is 0 Å². The number of sulfonamides is 2. The van der Waals surface area contributed by atoms with E-state index in [1.54, 1.807) is 47.2 Å². The molecule has 2 amide bonds. The lowest BCUT2D eigenvalue weighted by Crippen LogP contribution is -2.35. The van der Waals surface area contributed by atoms with Gasteiger partial charge in [0.2, 0.25) is 26.8 Å². The lowest BCUT2D eigenvalue weighted by molar-refractivity contribution is 0.0676. The molecule has 0 atom stereocenters. The highest BCUT2D eigenvalue weighted by molar-refractivity contribution is 7.91. The first-order chi connectivity index (χ1) is 68.6. The zero-order valence-electron chi connectivity index (χ0n) is 75.1. The minimum Gasteiger partial charge on any atom is -0.477 e. The number of nitrogens with zero attached hydrogens (tertiary/aromatic N) is 6. The number of furan rings is 3. The van der Waals surface area contributed by atoms with E-state index in [1.807, 2.05) is 116 Å². The second kappa shape index (κ2) is 36.9. The molecule has 8 N–H and O–H groups in total. The molecule has 23 rings (SSSR count). The summed E-state index contributed by atoms with van der Waals surface area (Å²) in [4.78, 5) is 123. The number of pyridine rings is 6. The third-order valence-corrected chi connectivity index (χ3v) is 27.9. The monoisotopic (exact) mass is 2000 g/mol. The Morgan fingerprint density at radius 3 is 1.43 bits per heavy atom. The molecule has 21 aromatic rings. The Bertz CT molecular complexity index is 9500. The van der Waals surface area contributed by atoms with Gasteiger partial charge in [-0.25, -0.2) is 63.4 Å². The number of aromatic amines is 4. The van der Waals surface area contributed by atoms with Crippen LogP contribution in [-0.2, 0) is 46.2 Å². The second-order valence-electron chi connectivity index (χ2n) is 34.1. The summed E-state index contributed by atoms with van der Waals surface area (Å²) in [5, 5.41) is 24.9. The van der Waals surface area contributed by atoms with Crippen molar-refractivity contribution in [2.24, 2.45) is 0 Å². The molecule has 1 fully saturated rings. The second-order valence-corrected chi connectivity index (χ2v) is 38.6. The first-order valence-electron chi connectivity index (χ1n) is 43.9. The van der Waals surface area contributed by atoms with E-state index < -0.39 is 94.6 Å². The topological polar surface area (TPSA) is 436 Å². The lowest BCUT2D eigenvalue weighted by Gasteiger charge is -2.14. The number of amides is 2. The van der Waals surface area contributed by atoms with Crippen LogP contribution in [0, 0.1) is 44.0 Å². The average Bonchev–Trinajstić information content (AvgIpc) is 1.57. The van der Waals surface area contributed by atoms with E-state index in [0.717, 1.165) is 62.9 Å². The summed E-state index contributed by atoms with van der Waals surface area (Å²) in [6.07, 6.45) is 11.9. The van der Waals surface area contributed by atoms with Crippen LogP contribution in [0.25, 0.3) is 143 Å². The third-order valence-electron chi connectivity index (χ3n) is 24.9. The van der Waals surface area contributed by atoms with Gasteiger partial charge in [0.25, 0.3) is 34.1 Å². The Kier molecular flexibility index (Phi) is 24.1. The maximum atomic E-state index is 15.1. The van der Waals surface area contributed by atoms with Gasteiger partial charge in [0.15, 0.2) is 11.5 Å². The van der Waals surface area contributed by atoms with Gasteiger partial charge >= 0.3 is 11.9 Å². The molecule has 1 saturated carbocycles. The number of hydrogen-bond acceptors (Lipinski definition) is 19. The average molecular weight is 2010 g/mol. The molecule has 14 heterocycles. The Balaban J connectivity index is 0.000000117. The van der Waals surface area contributed by atoms with E-state index in [4.69, 9.17) is 45.9 Å². The molecule has 0 saturated heterocycles. The molecule has 13 aromatic heterocycles. The number of carbonyl (C=O) groups excluding carboxylic acids is 2. The predicted octanol–water partition coefficient (Wildman–Crippen LogP) is 19.3. The van der Waals surface area contributed by atoms with Crippen molar-refractivity contribution in [2.75, 3.05) is 13.0 Å². The van der Waals surface area contributed by atoms with Gasteiger partial charge in [-0.15, -0.1) is 0 Å². The maximum absolute atomic E-state index is 15.1. The number of rotatable bonds is 19. The molecule has 1 aliphatic heterocycles. The molecule has 8 aromatic carbocycles. The summed E-state index contributed by atoms with van der Waals surface area (Å²) >= 11 is 13.0. The molecular formula is C104H74Cl2F4N12O19S2. The van der Waals surface area contributed by atoms with E-state index in [2.05, 4.69) is 34.6 Å². The number of nitrogens with one attached hydrogen (secondary N) is 6. The normalized spacial score (nSPS) is 12.5. The molecular weight excluding hydrogens is 1930 g/mol. The largest absolute Gasteiger partial charge is 0.477 e. The quantitative estimate of drug-likeness (QED) is 0.0275. The standard InChI is InChI=1S/2C27H17ClFN3O4.C27H23N3O5S.C23H17F2N3O6S/c1-13-4-5-19-14(9-13)10-15(25(28)31-19)12-32-20-11-18(29)16-6-8-36-24(16)22(20)21(23(32)27(34)35)17-3-2-7-30-26(17)33;1-13-4-5-14-10-15(25(28)31-19(14)9-13)12-32-20-11-18(29)16-6-8-36-24(16)22(20)21(23(32)27(34)35)17-3-2-7-30-26(17)33;1-16-5-2-3-6-18(16)15-30-21-11-8-17-12-14-35-25(17)23(21)22(20-7-4-13-28-26(20)31)24(30)27(32)29-36(33,34)19-9-10-19;1-35(31,32)27-23(30)20-18(14-3-2-8-26-22(14)29)19-16(6-7-17-21(19)34-11-33-17)28(20)10-12-9-13(24)4-5-15(12)25/h2*2-11H,12H2,1H3,(H,30,33)(H,34,35);2-8,11-14,19H,9-10,15H2,1H3,(H,28,31)(H,29,32);2-9H,10-11H2,1H3,(H,26,29)(H,27,30).